The Morgan fingerprint density at radius 2 is 2.32 bits per heavy atom. The van der Waals surface area contributed by atoms with Crippen LogP contribution in [-0.4, -0.2) is 35.5 Å². The molecule has 5 heteroatoms. The van der Waals surface area contributed by atoms with Gasteiger partial charge in [0.25, 0.3) is 5.91 Å². The molecule has 0 spiro atoms. The zero-order valence-corrected chi connectivity index (χ0v) is 11.0. The number of carbonyl (C=O) groups excluding carboxylic acids is 1. The SMILES string of the molecule is CC1CCN(C(=O)c2ccc(O)cc2F)CC1CN. The minimum Gasteiger partial charge on any atom is -0.508 e. The van der Waals surface area contributed by atoms with Crippen molar-refractivity contribution in [1.29, 1.82) is 0 Å². The van der Waals surface area contributed by atoms with Crippen molar-refractivity contribution in [3.63, 3.8) is 0 Å². The molecule has 19 heavy (non-hydrogen) atoms. The van der Waals surface area contributed by atoms with E-state index in [9.17, 15) is 9.18 Å². The summed E-state index contributed by atoms with van der Waals surface area (Å²) in [4.78, 5) is 13.9. The molecule has 1 aliphatic heterocycles. The summed E-state index contributed by atoms with van der Waals surface area (Å²) in [7, 11) is 0. The van der Waals surface area contributed by atoms with Crippen LogP contribution in [0, 0.1) is 17.7 Å². The molecule has 0 aromatic heterocycles. The Morgan fingerprint density at radius 3 is 2.95 bits per heavy atom. The van der Waals surface area contributed by atoms with Gasteiger partial charge in [-0.3, -0.25) is 4.79 Å². The lowest BCUT2D eigenvalue weighted by Crippen LogP contribution is -2.45. The van der Waals surface area contributed by atoms with Gasteiger partial charge < -0.3 is 15.7 Å². The molecule has 4 nitrogen and oxygen atoms in total. The topological polar surface area (TPSA) is 66.6 Å². The van der Waals surface area contributed by atoms with E-state index in [4.69, 9.17) is 10.8 Å². The van der Waals surface area contributed by atoms with E-state index in [1.165, 1.54) is 12.1 Å². The predicted octanol–water partition coefficient (Wildman–Crippen LogP) is 1.59. The van der Waals surface area contributed by atoms with Gasteiger partial charge in [-0.25, -0.2) is 4.39 Å². The van der Waals surface area contributed by atoms with Crippen molar-refractivity contribution in [2.24, 2.45) is 17.6 Å². The van der Waals surface area contributed by atoms with Gasteiger partial charge in [-0.1, -0.05) is 6.92 Å². The van der Waals surface area contributed by atoms with Crippen molar-refractivity contribution in [2.75, 3.05) is 19.6 Å². The van der Waals surface area contributed by atoms with E-state index >= 15 is 0 Å². The number of amides is 1. The Hall–Kier alpha value is -1.62. The largest absolute Gasteiger partial charge is 0.508 e. The van der Waals surface area contributed by atoms with Gasteiger partial charge in [0.1, 0.15) is 11.6 Å². The van der Waals surface area contributed by atoms with Gasteiger partial charge in [-0.2, -0.15) is 0 Å². The Morgan fingerprint density at radius 1 is 1.58 bits per heavy atom. The van der Waals surface area contributed by atoms with E-state index in [1.54, 1.807) is 4.90 Å². The molecule has 1 heterocycles. The maximum atomic E-state index is 13.7. The van der Waals surface area contributed by atoms with Crippen LogP contribution >= 0.6 is 0 Å². The normalized spacial score (nSPS) is 23.4. The van der Waals surface area contributed by atoms with Gasteiger partial charge in [0.2, 0.25) is 0 Å². The third-order valence-corrected chi connectivity index (χ3v) is 3.89. The number of piperidine rings is 1. The van der Waals surface area contributed by atoms with E-state index in [1.807, 2.05) is 0 Å². The molecular formula is C14H19FN2O2. The number of hydrogen-bond acceptors (Lipinski definition) is 3. The summed E-state index contributed by atoms with van der Waals surface area (Å²) >= 11 is 0. The molecule has 0 radical (unpaired) electrons. The number of carbonyl (C=O) groups is 1. The van der Waals surface area contributed by atoms with E-state index in [0.29, 0.717) is 25.6 Å². The van der Waals surface area contributed by atoms with Gasteiger partial charge in [-0.05, 0) is 36.9 Å². The second-order valence-corrected chi connectivity index (χ2v) is 5.18. The third-order valence-electron chi connectivity index (χ3n) is 3.89. The summed E-state index contributed by atoms with van der Waals surface area (Å²) < 4.78 is 13.7. The highest BCUT2D eigenvalue weighted by Gasteiger charge is 2.29. The van der Waals surface area contributed by atoms with Crippen LogP contribution in [-0.2, 0) is 0 Å². The molecule has 0 saturated carbocycles. The molecule has 1 saturated heterocycles. The summed E-state index contributed by atoms with van der Waals surface area (Å²) in [6, 6.07) is 3.60. The first-order chi connectivity index (χ1) is 9.02. The Labute approximate surface area is 112 Å². The molecule has 0 aliphatic carbocycles. The Kier molecular flexibility index (Phi) is 4.04. The van der Waals surface area contributed by atoms with Crippen molar-refractivity contribution < 1.29 is 14.3 Å². The summed E-state index contributed by atoms with van der Waals surface area (Å²) in [6.07, 6.45) is 0.882. The highest BCUT2D eigenvalue weighted by atomic mass is 19.1. The molecule has 1 aromatic carbocycles. The fourth-order valence-corrected chi connectivity index (χ4v) is 2.49. The van der Waals surface area contributed by atoms with Gasteiger partial charge in [-0.15, -0.1) is 0 Å². The van der Waals surface area contributed by atoms with Crippen LogP contribution in [0.1, 0.15) is 23.7 Å². The second-order valence-electron chi connectivity index (χ2n) is 5.18. The van der Waals surface area contributed by atoms with Crippen molar-refractivity contribution in [3.8, 4) is 5.75 Å². The molecule has 2 rings (SSSR count). The predicted molar refractivity (Wildman–Crippen MR) is 70.3 cm³/mol. The highest BCUT2D eigenvalue weighted by molar-refractivity contribution is 5.94. The molecule has 0 bridgehead atoms. The summed E-state index contributed by atoms with van der Waals surface area (Å²) in [5.41, 5.74) is 5.70. The first kappa shape index (κ1) is 13.8. The van der Waals surface area contributed by atoms with E-state index < -0.39 is 5.82 Å². The summed E-state index contributed by atoms with van der Waals surface area (Å²) in [5, 5.41) is 9.16. The maximum absolute atomic E-state index is 13.7. The second kappa shape index (κ2) is 5.57. The molecule has 3 N–H and O–H groups in total. The number of rotatable bonds is 2. The first-order valence-corrected chi connectivity index (χ1v) is 6.50. The fraction of sp³-hybridized carbons (Fsp3) is 0.500. The van der Waals surface area contributed by atoms with Crippen LogP contribution in [0.3, 0.4) is 0 Å². The summed E-state index contributed by atoms with van der Waals surface area (Å²) in [6.45, 7) is 3.84. The molecule has 1 fully saturated rings. The molecule has 2 unspecified atom stereocenters. The van der Waals surface area contributed by atoms with Crippen LogP contribution in [0.4, 0.5) is 4.39 Å². The number of phenols is 1. The Bertz CT molecular complexity index is 479. The van der Waals surface area contributed by atoms with E-state index in [2.05, 4.69) is 6.92 Å². The highest BCUT2D eigenvalue weighted by Crippen LogP contribution is 2.24. The first-order valence-electron chi connectivity index (χ1n) is 6.50. The molecule has 2 atom stereocenters. The maximum Gasteiger partial charge on any atom is 0.256 e. The van der Waals surface area contributed by atoms with Crippen LogP contribution < -0.4 is 5.73 Å². The number of benzene rings is 1. The van der Waals surface area contributed by atoms with Crippen LogP contribution in [0.5, 0.6) is 5.75 Å². The standard InChI is InChI=1S/C14H19FN2O2/c1-9-4-5-17(8-10(9)7-16)14(19)12-3-2-11(18)6-13(12)15/h2-3,6,9-10,18H,4-5,7-8,16H2,1H3. The number of halogens is 1. The van der Waals surface area contributed by atoms with Gasteiger partial charge in [0.05, 0.1) is 5.56 Å². The number of aromatic hydroxyl groups is 1. The lowest BCUT2D eigenvalue weighted by Gasteiger charge is -2.36. The molecule has 104 valence electrons. The van der Waals surface area contributed by atoms with Crippen LogP contribution in [0.2, 0.25) is 0 Å². The van der Waals surface area contributed by atoms with E-state index in [-0.39, 0.29) is 23.1 Å². The number of nitrogens with zero attached hydrogens (tertiary/aromatic N) is 1. The van der Waals surface area contributed by atoms with Crippen molar-refractivity contribution in [3.05, 3.63) is 29.6 Å². The number of likely N-dealkylation sites (tertiary alicyclic amines) is 1. The molecule has 1 aliphatic rings. The van der Waals surface area contributed by atoms with Crippen LogP contribution in [0.25, 0.3) is 0 Å². The van der Waals surface area contributed by atoms with Gasteiger partial charge >= 0.3 is 0 Å². The molecular weight excluding hydrogens is 247 g/mol. The molecule has 1 aromatic rings. The number of nitrogens with two attached hydrogens (primary N) is 1. The minimum absolute atomic E-state index is 0.00289. The van der Waals surface area contributed by atoms with Crippen LogP contribution in [0.15, 0.2) is 18.2 Å². The van der Waals surface area contributed by atoms with Gasteiger partial charge in [0.15, 0.2) is 0 Å². The van der Waals surface area contributed by atoms with Crippen molar-refractivity contribution >= 4 is 5.91 Å². The monoisotopic (exact) mass is 266 g/mol. The average Bonchev–Trinajstić information content (AvgIpc) is 2.38. The number of hydrogen-bond donors (Lipinski definition) is 2. The third kappa shape index (κ3) is 2.87. The fourth-order valence-electron chi connectivity index (χ4n) is 2.49. The summed E-state index contributed by atoms with van der Waals surface area (Å²) in [5.74, 6) is -0.450. The van der Waals surface area contributed by atoms with Gasteiger partial charge in [0, 0.05) is 19.2 Å². The van der Waals surface area contributed by atoms with E-state index in [0.717, 1.165) is 12.5 Å². The zero-order chi connectivity index (χ0) is 14.0. The number of phenolic OH excluding ortho intramolecular Hbond substituents is 1. The lowest BCUT2D eigenvalue weighted by molar-refractivity contribution is 0.0614. The average molecular weight is 266 g/mol. The lowest BCUT2D eigenvalue weighted by atomic mass is 9.87. The van der Waals surface area contributed by atoms with Crippen molar-refractivity contribution in [1.82, 2.24) is 4.90 Å². The smallest absolute Gasteiger partial charge is 0.256 e. The Balaban J connectivity index is 2.15. The zero-order valence-electron chi connectivity index (χ0n) is 11.0. The quantitative estimate of drug-likeness (QED) is 0.854. The molecule has 1 amide bonds. The van der Waals surface area contributed by atoms with Crippen molar-refractivity contribution in [2.45, 2.75) is 13.3 Å². The minimum atomic E-state index is -0.687.